The molecule has 0 spiro atoms. The van der Waals surface area contributed by atoms with Crippen molar-refractivity contribution in [1.29, 1.82) is 0 Å². The molecule has 18 heteroatoms. The van der Waals surface area contributed by atoms with Gasteiger partial charge in [0.2, 0.25) is 5.91 Å². The number of halogens is 6. The molecule has 12 nitrogen and oxygen atoms in total. The first-order valence-corrected chi connectivity index (χ1v) is 18.9. The van der Waals surface area contributed by atoms with Gasteiger partial charge in [-0.25, -0.2) is 9.59 Å². The van der Waals surface area contributed by atoms with Crippen LogP contribution in [-0.4, -0.2) is 117 Å². The summed E-state index contributed by atoms with van der Waals surface area (Å²) in [6.45, 7) is 2.93. The number of carbonyl (C=O) groups is 2. The van der Waals surface area contributed by atoms with E-state index in [1.54, 1.807) is 15.7 Å². The zero-order chi connectivity index (χ0) is 39.7. The predicted molar refractivity (Wildman–Crippen MR) is 196 cm³/mol. The van der Waals surface area contributed by atoms with Crippen LogP contribution < -0.4 is 16.7 Å². The molecule has 0 saturated carbocycles. The highest BCUT2D eigenvalue weighted by Crippen LogP contribution is 2.42. The number of hydrogen-bond donors (Lipinski definition) is 3. The fraction of sp³-hybridized carbons (Fsp3) is 0.526. The maximum Gasteiger partial charge on any atom is 0.418 e. The summed E-state index contributed by atoms with van der Waals surface area (Å²) in [7, 11) is 2.11. The number of piperidine rings is 2. The second-order valence-electron chi connectivity index (χ2n) is 15.6. The molecule has 2 bridgehead atoms. The van der Waals surface area contributed by atoms with Gasteiger partial charge in [-0.3, -0.25) is 19.2 Å². The number of alkyl halides is 6. The number of benzene rings is 2. The molecule has 3 amide bonds. The highest BCUT2D eigenvalue weighted by Gasteiger charge is 2.45. The Bertz CT molecular complexity index is 2170. The van der Waals surface area contributed by atoms with Crippen LogP contribution in [0.25, 0.3) is 21.9 Å². The minimum Gasteiger partial charge on any atom is -0.398 e. The first-order valence-electron chi connectivity index (χ1n) is 18.9. The second-order valence-corrected chi connectivity index (χ2v) is 15.6. The van der Waals surface area contributed by atoms with E-state index in [0.29, 0.717) is 74.0 Å². The maximum atomic E-state index is 14.2. The van der Waals surface area contributed by atoms with E-state index < -0.39 is 59.1 Å². The molecule has 300 valence electrons. The summed E-state index contributed by atoms with van der Waals surface area (Å²) in [5, 5.41) is 3.46. The summed E-state index contributed by atoms with van der Waals surface area (Å²) in [4.78, 5) is 56.4. The number of likely N-dealkylation sites (tertiary alicyclic amines) is 4. The lowest BCUT2D eigenvalue weighted by atomic mass is 9.96. The standard InChI is InChI=1S/C38H43F6N9O3/c1-49-19-25-17-24(49)20-52(25)22-6-10-50(11-7-22)34(54)30(16-21-14-27(37(39,40)41)32(45)28(15-21)38(42,43)44)47-35(55)51-12-8-23(9-13-51)53-31-18-46-29-5-3-2-4-26(29)33(31)48-36(53)56/h2-5,14-15,18,22-25,30H,6-13,16-17,19-20,45H2,1H3,(H,47,55)(H,48,56). The topological polar surface area (TPSA) is 136 Å². The number of carbonyl (C=O) groups excluding carboxylic acids is 2. The number of likely N-dealkylation sites (N-methyl/N-ethyl adjacent to an activating group) is 1. The molecule has 8 rings (SSSR count). The lowest BCUT2D eigenvalue weighted by molar-refractivity contribution is -0.141. The Labute approximate surface area is 317 Å². The lowest BCUT2D eigenvalue weighted by Crippen LogP contribution is -2.57. The number of imidazole rings is 1. The smallest absolute Gasteiger partial charge is 0.398 e. The zero-order valence-corrected chi connectivity index (χ0v) is 30.7. The number of fused-ring (bicyclic) bond motifs is 5. The molecule has 4 aromatic rings. The first kappa shape index (κ1) is 38.1. The minimum absolute atomic E-state index is 0.175. The highest BCUT2D eigenvalue weighted by atomic mass is 19.4. The van der Waals surface area contributed by atoms with E-state index in [4.69, 9.17) is 5.73 Å². The number of hydrogen-bond acceptors (Lipinski definition) is 7. The fourth-order valence-electron chi connectivity index (χ4n) is 9.37. The van der Waals surface area contributed by atoms with Gasteiger partial charge in [-0.15, -0.1) is 0 Å². The summed E-state index contributed by atoms with van der Waals surface area (Å²) in [6, 6.07) is 7.20. The Morgan fingerprint density at radius 1 is 0.893 bits per heavy atom. The van der Waals surface area contributed by atoms with Crippen LogP contribution in [-0.2, 0) is 23.6 Å². The van der Waals surface area contributed by atoms with Gasteiger partial charge < -0.3 is 30.7 Å². The van der Waals surface area contributed by atoms with E-state index in [0.717, 1.165) is 30.4 Å². The number of nitrogens with zero attached hydrogens (tertiary/aromatic N) is 6. The summed E-state index contributed by atoms with van der Waals surface area (Å²) >= 11 is 0. The first-order chi connectivity index (χ1) is 26.6. The van der Waals surface area contributed by atoms with Gasteiger partial charge in [-0.1, -0.05) is 18.2 Å². The molecular formula is C38H43F6N9O3. The van der Waals surface area contributed by atoms with E-state index in [2.05, 4.69) is 32.1 Å². The molecule has 56 heavy (non-hydrogen) atoms. The van der Waals surface area contributed by atoms with Gasteiger partial charge in [0.15, 0.2) is 0 Å². The summed E-state index contributed by atoms with van der Waals surface area (Å²) in [5.41, 5.74) is 1.85. The number of urea groups is 1. The molecule has 2 aromatic carbocycles. The number of anilines is 1. The Kier molecular flexibility index (Phi) is 9.70. The van der Waals surface area contributed by atoms with Crippen LogP contribution in [0.4, 0.5) is 36.8 Å². The molecule has 4 fully saturated rings. The van der Waals surface area contributed by atoms with Crippen molar-refractivity contribution in [3.8, 4) is 0 Å². The molecule has 0 aliphatic carbocycles. The average molecular weight is 788 g/mol. The molecule has 4 saturated heterocycles. The molecule has 4 N–H and O–H groups in total. The van der Waals surface area contributed by atoms with Crippen molar-refractivity contribution in [2.24, 2.45) is 0 Å². The number of amides is 3. The molecule has 0 radical (unpaired) electrons. The number of H-pyrrole nitrogens is 1. The van der Waals surface area contributed by atoms with Crippen LogP contribution in [0, 0.1) is 0 Å². The Hall–Kier alpha value is -4.84. The normalized spacial score (nSPS) is 22.4. The summed E-state index contributed by atoms with van der Waals surface area (Å²) < 4.78 is 85.4. The molecule has 6 heterocycles. The third-order valence-electron chi connectivity index (χ3n) is 12.3. The van der Waals surface area contributed by atoms with E-state index in [1.165, 1.54) is 4.90 Å². The third kappa shape index (κ3) is 7.05. The van der Waals surface area contributed by atoms with Gasteiger partial charge in [0.1, 0.15) is 6.04 Å². The van der Waals surface area contributed by atoms with Crippen LogP contribution in [0.2, 0.25) is 0 Å². The fourth-order valence-corrected chi connectivity index (χ4v) is 9.37. The zero-order valence-electron chi connectivity index (χ0n) is 30.7. The average Bonchev–Trinajstić information content (AvgIpc) is 3.85. The Morgan fingerprint density at radius 2 is 1.52 bits per heavy atom. The van der Waals surface area contributed by atoms with Crippen molar-refractivity contribution < 1.29 is 35.9 Å². The largest absolute Gasteiger partial charge is 0.418 e. The molecule has 3 unspecified atom stereocenters. The highest BCUT2D eigenvalue weighted by molar-refractivity contribution is 6.01. The molecule has 4 aliphatic heterocycles. The summed E-state index contributed by atoms with van der Waals surface area (Å²) in [5.74, 6) is -0.585. The number of nitrogen functional groups attached to an aromatic ring is 1. The van der Waals surface area contributed by atoms with E-state index in [-0.39, 0.29) is 30.9 Å². The van der Waals surface area contributed by atoms with Crippen molar-refractivity contribution in [1.82, 2.24) is 39.5 Å². The van der Waals surface area contributed by atoms with E-state index >= 15 is 0 Å². The second kappa shape index (κ2) is 14.3. The SMILES string of the molecule is CN1CC2CC1CN2C1CCN(C(=O)C(Cc2cc(C(F)(F)F)c(N)c(C(F)(F)F)c2)NC(=O)N2CCC(n3c(=O)[nH]c4c5ccccc5ncc43)CC2)CC1. The van der Waals surface area contributed by atoms with Crippen LogP contribution >= 0.6 is 0 Å². The summed E-state index contributed by atoms with van der Waals surface area (Å²) in [6.07, 6.45) is -6.24. The number of pyridine rings is 1. The van der Waals surface area contributed by atoms with Gasteiger partial charge in [-0.2, -0.15) is 26.3 Å². The van der Waals surface area contributed by atoms with Crippen LogP contribution in [0.5, 0.6) is 0 Å². The van der Waals surface area contributed by atoms with Crippen molar-refractivity contribution in [3.05, 3.63) is 69.8 Å². The molecule has 3 atom stereocenters. The van der Waals surface area contributed by atoms with E-state index in [9.17, 15) is 40.7 Å². The third-order valence-corrected chi connectivity index (χ3v) is 12.3. The maximum absolute atomic E-state index is 14.2. The monoisotopic (exact) mass is 787 g/mol. The quantitative estimate of drug-likeness (QED) is 0.188. The van der Waals surface area contributed by atoms with Gasteiger partial charge in [-0.05, 0) is 62.9 Å². The van der Waals surface area contributed by atoms with Gasteiger partial charge in [0.25, 0.3) is 0 Å². The Morgan fingerprint density at radius 3 is 2.12 bits per heavy atom. The van der Waals surface area contributed by atoms with Gasteiger partial charge >= 0.3 is 24.1 Å². The molecule has 4 aliphatic rings. The number of aromatic amines is 1. The molecular weight excluding hydrogens is 744 g/mol. The lowest BCUT2D eigenvalue weighted by Gasteiger charge is -2.42. The van der Waals surface area contributed by atoms with Gasteiger partial charge in [0.05, 0.1) is 39.6 Å². The number of para-hydroxylation sites is 1. The van der Waals surface area contributed by atoms with Crippen LogP contribution in [0.3, 0.4) is 0 Å². The number of rotatable bonds is 6. The van der Waals surface area contributed by atoms with Crippen molar-refractivity contribution >= 4 is 39.6 Å². The van der Waals surface area contributed by atoms with Crippen molar-refractivity contribution in [3.63, 3.8) is 0 Å². The number of piperazine rings is 1. The van der Waals surface area contributed by atoms with E-state index in [1.807, 2.05) is 24.3 Å². The van der Waals surface area contributed by atoms with Crippen LogP contribution in [0.15, 0.2) is 47.4 Å². The predicted octanol–water partition coefficient (Wildman–Crippen LogP) is 4.83. The van der Waals surface area contributed by atoms with Crippen molar-refractivity contribution in [2.75, 3.05) is 52.0 Å². The number of aromatic nitrogens is 3. The molecule has 2 aromatic heterocycles. The Balaban J connectivity index is 1.00. The van der Waals surface area contributed by atoms with Crippen molar-refractivity contribution in [2.45, 2.75) is 81.1 Å². The number of nitrogens with one attached hydrogen (secondary N) is 2. The van der Waals surface area contributed by atoms with Crippen LogP contribution in [0.1, 0.15) is 54.8 Å². The minimum atomic E-state index is -5.20. The van der Waals surface area contributed by atoms with Gasteiger partial charge in [0, 0.05) is 75.2 Å². The number of nitrogens with two attached hydrogens (primary N) is 1.